The predicted octanol–water partition coefficient (Wildman–Crippen LogP) is 2.86. The highest BCUT2D eigenvalue weighted by molar-refractivity contribution is 6.33. The molecule has 1 aliphatic heterocycles. The number of carbonyl (C=O) groups excluding carboxylic acids is 1. The first-order valence-corrected chi connectivity index (χ1v) is 11.1. The molecule has 0 radical (unpaired) electrons. The molecule has 0 bridgehead atoms. The Morgan fingerprint density at radius 3 is 2.53 bits per heavy atom. The molecule has 1 aromatic heterocycles. The van der Waals surface area contributed by atoms with Crippen LogP contribution >= 0.6 is 11.6 Å². The summed E-state index contributed by atoms with van der Waals surface area (Å²) in [7, 11) is 0. The standard InChI is InChI=1S/C23H23ClN6O4/c1-16-7-8-18(19(13-16)30(33)34)26-21(31)15-27-9-11-28(12-10-27)20-14-25-29(23(32)22(20)24)17-5-3-2-4-6-17/h2-8,13-14H,9-12,15H2,1H3,(H,26,31). The Labute approximate surface area is 200 Å². The second-order valence-electron chi connectivity index (χ2n) is 7.99. The Kier molecular flexibility index (Phi) is 6.90. The molecule has 0 spiro atoms. The molecule has 3 aromatic rings. The minimum Gasteiger partial charge on any atom is -0.366 e. The number of rotatable bonds is 6. The third-order valence-corrected chi connectivity index (χ3v) is 5.96. The number of piperazine rings is 1. The smallest absolute Gasteiger partial charge is 0.293 e. The van der Waals surface area contributed by atoms with Gasteiger partial charge in [0.15, 0.2) is 0 Å². The largest absolute Gasteiger partial charge is 0.366 e. The van der Waals surface area contributed by atoms with E-state index in [1.165, 1.54) is 16.8 Å². The molecule has 11 heteroatoms. The summed E-state index contributed by atoms with van der Waals surface area (Å²) in [6, 6.07) is 13.7. The van der Waals surface area contributed by atoms with Crippen molar-refractivity contribution >= 4 is 34.6 Å². The highest BCUT2D eigenvalue weighted by Crippen LogP contribution is 2.26. The summed E-state index contributed by atoms with van der Waals surface area (Å²) >= 11 is 6.40. The Morgan fingerprint density at radius 1 is 1.15 bits per heavy atom. The van der Waals surface area contributed by atoms with Gasteiger partial charge in [0.25, 0.3) is 11.2 Å². The van der Waals surface area contributed by atoms with Crippen molar-refractivity contribution in [3.63, 3.8) is 0 Å². The van der Waals surface area contributed by atoms with Gasteiger partial charge in [-0.2, -0.15) is 9.78 Å². The lowest BCUT2D eigenvalue weighted by atomic mass is 10.2. The van der Waals surface area contributed by atoms with E-state index in [1.54, 1.807) is 31.3 Å². The molecule has 1 fully saturated rings. The fourth-order valence-corrected chi connectivity index (χ4v) is 4.08. The van der Waals surface area contributed by atoms with Crippen LogP contribution < -0.4 is 15.8 Å². The monoisotopic (exact) mass is 482 g/mol. The Bertz CT molecular complexity index is 1270. The van der Waals surface area contributed by atoms with Gasteiger partial charge >= 0.3 is 0 Å². The van der Waals surface area contributed by atoms with Gasteiger partial charge in [-0.15, -0.1) is 0 Å². The van der Waals surface area contributed by atoms with Crippen LogP contribution in [0.3, 0.4) is 0 Å². The van der Waals surface area contributed by atoms with Gasteiger partial charge in [-0.3, -0.25) is 24.6 Å². The van der Waals surface area contributed by atoms with Gasteiger partial charge in [-0.25, -0.2) is 0 Å². The molecule has 1 amide bonds. The maximum Gasteiger partial charge on any atom is 0.293 e. The number of amides is 1. The Hall–Kier alpha value is -3.76. The van der Waals surface area contributed by atoms with E-state index in [0.717, 1.165) is 5.56 Å². The maximum absolute atomic E-state index is 12.7. The van der Waals surface area contributed by atoms with E-state index in [1.807, 2.05) is 28.0 Å². The first-order valence-electron chi connectivity index (χ1n) is 10.7. The number of carbonyl (C=O) groups is 1. The summed E-state index contributed by atoms with van der Waals surface area (Å²) in [5, 5.41) is 18.3. The first kappa shape index (κ1) is 23.4. The van der Waals surface area contributed by atoms with Crippen LogP contribution in [-0.2, 0) is 4.79 Å². The summed E-state index contributed by atoms with van der Waals surface area (Å²) < 4.78 is 1.26. The van der Waals surface area contributed by atoms with Crippen LogP contribution in [0, 0.1) is 17.0 Å². The second-order valence-corrected chi connectivity index (χ2v) is 8.36. The van der Waals surface area contributed by atoms with Gasteiger partial charge in [0.1, 0.15) is 10.7 Å². The zero-order chi connectivity index (χ0) is 24.2. The van der Waals surface area contributed by atoms with E-state index >= 15 is 0 Å². The number of halogens is 1. The molecular weight excluding hydrogens is 460 g/mol. The van der Waals surface area contributed by atoms with Crippen LogP contribution in [0.5, 0.6) is 0 Å². The average molecular weight is 483 g/mol. The highest BCUT2D eigenvalue weighted by atomic mass is 35.5. The van der Waals surface area contributed by atoms with Crippen molar-refractivity contribution in [2.75, 3.05) is 42.9 Å². The van der Waals surface area contributed by atoms with Crippen molar-refractivity contribution in [2.45, 2.75) is 6.92 Å². The normalized spacial score (nSPS) is 14.1. The lowest BCUT2D eigenvalue weighted by Gasteiger charge is -2.35. The van der Waals surface area contributed by atoms with Crippen LogP contribution in [0.25, 0.3) is 5.69 Å². The Morgan fingerprint density at radius 2 is 1.85 bits per heavy atom. The summed E-state index contributed by atoms with van der Waals surface area (Å²) in [5.74, 6) is -0.328. The van der Waals surface area contributed by atoms with Crippen LogP contribution in [0.15, 0.2) is 59.5 Å². The molecule has 0 saturated carbocycles. The number of nitro benzene ring substituents is 1. The Balaban J connectivity index is 1.38. The zero-order valence-corrected chi connectivity index (χ0v) is 19.2. The summed E-state index contributed by atoms with van der Waals surface area (Å²) in [4.78, 5) is 39.9. The maximum atomic E-state index is 12.7. The van der Waals surface area contributed by atoms with Gasteiger partial charge in [-0.1, -0.05) is 35.9 Å². The lowest BCUT2D eigenvalue weighted by molar-refractivity contribution is -0.384. The SMILES string of the molecule is Cc1ccc(NC(=O)CN2CCN(c3cnn(-c4ccccc4)c(=O)c3Cl)CC2)c([N+](=O)[O-])c1. The van der Waals surface area contributed by atoms with Crippen molar-refractivity contribution in [1.29, 1.82) is 0 Å². The van der Waals surface area contributed by atoms with E-state index in [9.17, 15) is 19.7 Å². The number of nitrogens with zero attached hydrogens (tertiary/aromatic N) is 5. The molecule has 10 nitrogen and oxygen atoms in total. The number of nitro groups is 1. The van der Waals surface area contributed by atoms with Gasteiger partial charge in [-0.05, 0) is 30.7 Å². The predicted molar refractivity (Wildman–Crippen MR) is 130 cm³/mol. The second kappa shape index (κ2) is 10.0. The van der Waals surface area contributed by atoms with E-state index in [0.29, 0.717) is 37.6 Å². The first-order chi connectivity index (χ1) is 16.3. The lowest BCUT2D eigenvalue weighted by Crippen LogP contribution is -2.49. The number of hydrogen-bond acceptors (Lipinski definition) is 7. The molecule has 0 aliphatic carbocycles. The van der Waals surface area contributed by atoms with Crippen molar-refractivity contribution in [3.8, 4) is 5.69 Å². The average Bonchev–Trinajstić information content (AvgIpc) is 2.83. The van der Waals surface area contributed by atoms with Gasteiger partial charge in [0, 0.05) is 32.2 Å². The van der Waals surface area contributed by atoms with E-state index in [2.05, 4.69) is 10.4 Å². The third kappa shape index (κ3) is 5.08. The summed E-state index contributed by atoms with van der Waals surface area (Å²) in [6.07, 6.45) is 1.58. The minimum atomic E-state index is -0.509. The van der Waals surface area contributed by atoms with Crippen molar-refractivity contribution in [2.24, 2.45) is 0 Å². The molecule has 0 atom stereocenters. The van der Waals surface area contributed by atoms with E-state index in [4.69, 9.17) is 11.6 Å². The molecule has 2 aromatic carbocycles. The summed E-state index contributed by atoms with van der Waals surface area (Å²) in [5.41, 5.74) is 1.57. The fraction of sp³-hybridized carbons (Fsp3) is 0.261. The molecule has 2 heterocycles. The zero-order valence-electron chi connectivity index (χ0n) is 18.5. The van der Waals surface area contributed by atoms with Crippen LogP contribution in [-0.4, -0.2) is 58.2 Å². The molecule has 1 aliphatic rings. The number of nitrogens with one attached hydrogen (secondary N) is 1. The molecule has 1 saturated heterocycles. The number of benzene rings is 2. The summed E-state index contributed by atoms with van der Waals surface area (Å²) in [6.45, 7) is 4.06. The molecule has 176 valence electrons. The van der Waals surface area contributed by atoms with E-state index < -0.39 is 10.5 Å². The number of anilines is 2. The van der Waals surface area contributed by atoms with Crippen LogP contribution in [0.1, 0.15) is 5.56 Å². The molecule has 1 N–H and O–H groups in total. The van der Waals surface area contributed by atoms with Gasteiger partial charge in [0.2, 0.25) is 5.91 Å². The molecule has 0 unspecified atom stereocenters. The quantitative estimate of drug-likeness (QED) is 0.424. The molecule has 4 rings (SSSR count). The number of aryl methyl sites for hydroxylation is 1. The number of para-hydroxylation sites is 1. The van der Waals surface area contributed by atoms with Crippen molar-refractivity contribution in [1.82, 2.24) is 14.7 Å². The number of hydrogen-bond donors (Lipinski definition) is 1. The van der Waals surface area contributed by atoms with Crippen LogP contribution in [0.4, 0.5) is 17.1 Å². The minimum absolute atomic E-state index is 0.0942. The number of aromatic nitrogens is 2. The molecule has 34 heavy (non-hydrogen) atoms. The van der Waals surface area contributed by atoms with Crippen LogP contribution in [0.2, 0.25) is 5.02 Å². The highest BCUT2D eigenvalue weighted by Gasteiger charge is 2.24. The van der Waals surface area contributed by atoms with Crippen molar-refractivity contribution in [3.05, 3.63) is 85.8 Å². The topological polar surface area (TPSA) is 114 Å². The molecular formula is C23H23ClN6O4. The fourth-order valence-electron chi connectivity index (χ4n) is 3.84. The van der Waals surface area contributed by atoms with Gasteiger partial charge in [0.05, 0.1) is 29.0 Å². The van der Waals surface area contributed by atoms with Crippen molar-refractivity contribution < 1.29 is 9.72 Å². The van der Waals surface area contributed by atoms with Gasteiger partial charge < -0.3 is 10.2 Å². The van der Waals surface area contributed by atoms with E-state index in [-0.39, 0.29) is 28.8 Å². The third-order valence-electron chi connectivity index (χ3n) is 5.61.